The lowest BCUT2D eigenvalue weighted by Crippen LogP contribution is -2.31. The monoisotopic (exact) mass is 339 g/mol. The molecule has 0 spiro atoms. The second-order valence-corrected chi connectivity index (χ2v) is 7.70. The van der Waals surface area contributed by atoms with Crippen LogP contribution in [0.25, 0.3) is 0 Å². The summed E-state index contributed by atoms with van der Waals surface area (Å²) in [5, 5.41) is 18.0. The van der Waals surface area contributed by atoms with Crippen molar-refractivity contribution in [3.05, 3.63) is 42.1 Å². The summed E-state index contributed by atoms with van der Waals surface area (Å²) in [4.78, 5) is 13.0. The van der Waals surface area contributed by atoms with E-state index in [1.54, 1.807) is 12.3 Å². The number of carboxylic acid groups (broad SMARTS) is 1. The van der Waals surface area contributed by atoms with Crippen LogP contribution >= 0.6 is 0 Å². The van der Waals surface area contributed by atoms with Gasteiger partial charge in [0.1, 0.15) is 0 Å². The maximum absolute atomic E-state index is 12.3. The van der Waals surface area contributed by atoms with Crippen molar-refractivity contribution < 1.29 is 23.4 Å². The van der Waals surface area contributed by atoms with E-state index in [1.165, 1.54) is 24.3 Å². The second-order valence-electron chi connectivity index (χ2n) is 5.66. The van der Waals surface area contributed by atoms with E-state index in [2.05, 4.69) is 0 Å². The molecule has 2 N–H and O–H groups in total. The molecule has 1 fully saturated rings. The Balaban J connectivity index is 1.98. The molecule has 23 heavy (non-hydrogen) atoms. The highest BCUT2D eigenvalue weighted by Gasteiger charge is 2.17. The highest BCUT2D eigenvalue weighted by molar-refractivity contribution is 7.91. The number of sulfone groups is 1. The molecule has 1 aromatic rings. The number of hydrogen-bond acceptors (Lipinski definition) is 5. The highest BCUT2D eigenvalue weighted by atomic mass is 32.2. The third kappa shape index (κ3) is 4.80. The zero-order valence-corrected chi connectivity index (χ0v) is 13.6. The number of aliphatic hydroxyl groups is 1. The Morgan fingerprint density at radius 1 is 1.30 bits per heavy atom. The van der Waals surface area contributed by atoms with Gasteiger partial charge in [-0.05, 0) is 43.2 Å². The Morgan fingerprint density at radius 2 is 2.00 bits per heavy atom. The summed E-state index contributed by atoms with van der Waals surface area (Å²) in [5.74, 6) is -0.984. The van der Waals surface area contributed by atoms with E-state index < -0.39 is 15.8 Å². The van der Waals surface area contributed by atoms with Crippen molar-refractivity contribution in [1.29, 1.82) is 0 Å². The Morgan fingerprint density at radius 3 is 2.61 bits per heavy atom. The lowest BCUT2D eigenvalue weighted by molar-refractivity contribution is 0.0696. The second kappa shape index (κ2) is 7.61. The van der Waals surface area contributed by atoms with Gasteiger partial charge in [-0.2, -0.15) is 0 Å². The maximum Gasteiger partial charge on any atom is 0.335 e. The number of hydrogen-bond donors (Lipinski definition) is 2. The molecule has 1 aliphatic rings. The van der Waals surface area contributed by atoms with Crippen molar-refractivity contribution in [2.75, 3.05) is 25.4 Å². The number of nitrogens with zero attached hydrogens (tertiary/aromatic N) is 1. The lowest BCUT2D eigenvalue weighted by Gasteiger charge is -2.30. The molecule has 0 unspecified atom stereocenters. The first kappa shape index (κ1) is 17.5. The smallest absolute Gasteiger partial charge is 0.335 e. The zero-order valence-electron chi connectivity index (χ0n) is 12.8. The van der Waals surface area contributed by atoms with E-state index in [-0.39, 0.29) is 22.8 Å². The molecule has 0 amide bonds. The minimum atomic E-state index is -3.55. The maximum atomic E-state index is 12.3. The molecule has 0 radical (unpaired) electrons. The topological polar surface area (TPSA) is 94.9 Å². The SMILES string of the molecule is O=C(O)c1cccc(S(=O)(=O)CC=CN2CCC(CO)CC2)c1. The largest absolute Gasteiger partial charge is 0.478 e. The molecule has 0 atom stereocenters. The fourth-order valence-corrected chi connectivity index (χ4v) is 3.65. The summed E-state index contributed by atoms with van der Waals surface area (Å²) in [7, 11) is -3.55. The summed E-state index contributed by atoms with van der Waals surface area (Å²) in [6.45, 7) is 1.80. The van der Waals surface area contributed by atoms with Crippen molar-refractivity contribution in [3.8, 4) is 0 Å². The normalized spacial score (nSPS) is 16.8. The van der Waals surface area contributed by atoms with Crippen molar-refractivity contribution in [2.24, 2.45) is 5.92 Å². The zero-order chi connectivity index (χ0) is 16.9. The standard InChI is InChI=1S/C16H21NO5S/c18-12-13-5-8-17(9-6-13)7-2-10-23(21,22)15-4-1-3-14(11-15)16(19)20/h1-4,7,11,13,18H,5-6,8-10,12H2,(H,19,20). The lowest BCUT2D eigenvalue weighted by atomic mass is 9.98. The average molecular weight is 339 g/mol. The fourth-order valence-electron chi connectivity index (χ4n) is 2.52. The molecule has 0 saturated carbocycles. The van der Waals surface area contributed by atoms with Gasteiger partial charge in [-0.1, -0.05) is 12.1 Å². The molecule has 1 aromatic carbocycles. The van der Waals surface area contributed by atoms with Crippen LogP contribution in [-0.4, -0.2) is 54.9 Å². The molecule has 1 heterocycles. The summed E-state index contributed by atoms with van der Waals surface area (Å²) < 4.78 is 24.5. The van der Waals surface area contributed by atoms with Crippen LogP contribution in [0.1, 0.15) is 23.2 Å². The molecule has 2 rings (SSSR count). The first-order valence-corrected chi connectivity index (χ1v) is 9.15. The van der Waals surface area contributed by atoms with Gasteiger partial charge in [-0.3, -0.25) is 0 Å². The molecule has 0 aromatic heterocycles. The van der Waals surface area contributed by atoms with Crippen LogP contribution in [-0.2, 0) is 9.84 Å². The van der Waals surface area contributed by atoms with Crippen molar-refractivity contribution >= 4 is 15.8 Å². The minimum absolute atomic E-state index is 0.0149. The Kier molecular flexibility index (Phi) is 5.79. The summed E-state index contributed by atoms with van der Waals surface area (Å²) in [5.41, 5.74) is -0.0406. The highest BCUT2D eigenvalue weighted by Crippen LogP contribution is 2.17. The quantitative estimate of drug-likeness (QED) is 0.813. The van der Waals surface area contributed by atoms with Gasteiger partial charge in [-0.25, -0.2) is 13.2 Å². The first-order chi connectivity index (χ1) is 10.9. The summed E-state index contributed by atoms with van der Waals surface area (Å²) >= 11 is 0. The Hall–Kier alpha value is -1.86. The van der Waals surface area contributed by atoms with Gasteiger partial charge in [0.2, 0.25) is 0 Å². The number of aliphatic hydroxyl groups excluding tert-OH is 1. The molecule has 6 nitrogen and oxygen atoms in total. The molecule has 0 bridgehead atoms. The number of rotatable bonds is 6. The van der Waals surface area contributed by atoms with E-state index >= 15 is 0 Å². The van der Waals surface area contributed by atoms with E-state index in [4.69, 9.17) is 10.2 Å². The van der Waals surface area contributed by atoms with Gasteiger partial charge in [0, 0.05) is 19.7 Å². The Bertz CT molecular complexity index is 675. The van der Waals surface area contributed by atoms with Gasteiger partial charge in [0.05, 0.1) is 16.2 Å². The predicted molar refractivity (Wildman–Crippen MR) is 86.0 cm³/mol. The van der Waals surface area contributed by atoms with Crippen LogP contribution < -0.4 is 0 Å². The van der Waals surface area contributed by atoms with Gasteiger partial charge < -0.3 is 15.1 Å². The number of piperidine rings is 1. The summed E-state index contributed by atoms with van der Waals surface area (Å²) in [6, 6.07) is 5.38. The van der Waals surface area contributed by atoms with Crippen LogP contribution in [0, 0.1) is 5.92 Å². The van der Waals surface area contributed by atoms with E-state index in [0.717, 1.165) is 25.9 Å². The van der Waals surface area contributed by atoms with Crippen LogP contribution in [0.15, 0.2) is 41.4 Å². The number of carboxylic acids is 1. The van der Waals surface area contributed by atoms with Gasteiger partial charge in [0.25, 0.3) is 0 Å². The van der Waals surface area contributed by atoms with Gasteiger partial charge in [0.15, 0.2) is 9.84 Å². The van der Waals surface area contributed by atoms with E-state index in [1.807, 2.05) is 4.90 Å². The van der Waals surface area contributed by atoms with Crippen LogP contribution in [0.2, 0.25) is 0 Å². The van der Waals surface area contributed by atoms with E-state index in [9.17, 15) is 13.2 Å². The third-order valence-electron chi connectivity index (χ3n) is 3.98. The molecule has 1 aliphatic heterocycles. The number of likely N-dealkylation sites (tertiary alicyclic amines) is 1. The van der Waals surface area contributed by atoms with Crippen LogP contribution in [0.4, 0.5) is 0 Å². The van der Waals surface area contributed by atoms with Crippen LogP contribution in [0.3, 0.4) is 0 Å². The van der Waals surface area contributed by atoms with E-state index in [0.29, 0.717) is 5.92 Å². The van der Waals surface area contributed by atoms with Crippen molar-refractivity contribution in [3.63, 3.8) is 0 Å². The summed E-state index contributed by atoms with van der Waals surface area (Å²) in [6.07, 6.45) is 5.15. The van der Waals surface area contributed by atoms with Gasteiger partial charge >= 0.3 is 5.97 Å². The fraction of sp³-hybridized carbons (Fsp3) is 0.438. The van der Waals surface area contributed by atoms with Crippen LogP contribution in [0.5, 0.6) is 0 Å². The minimum Gasteiger partial charge on any atom is -0.478 e. The van der Waals surface area contributed by atoms with Gasteiger partial charge in [-0.15, -0.1) is 0 Å². The molecule has 0 aliphatic carbocycles. The molecule has 1 saturated heterocycles. The Labute approximate surface area is 136 Å². The number of benzene rings is 1. The average Bonchev–Trinajstić information content (AvgIpc) is 2.55. The molecular weight excluding hydrogens is 318 g/mol. The predicted octanol–water partition coefficient (Wildman–Crippen LogP) is 1.38. The first-order valence-electron chi connectivity index (χ1n) is 7.50. The molecule has 7 heteroatoms. The number of aromatic carboxylic acids is 1. The van der Waals surface area contributed by atoms with Crippen molar-refractivity contribution in [2.45, 2.75) is 17.7 Å². The van der Waals surface area contributed by atoms with Crippen molar-refractivity contribution in [1.82, 2.24) is 4.90 Å². The molecule has 126 valence electrons. The number of carbonyl (C=O) groups is 1. The molecular formula is C16H21NO5S. The third-order valence-corrected chi connectivity index (χ3v) is 5.58.